The molecule has 2 aliphatic rings. The first-order chi connectivity index (χ1) is 71.2. The number of aliphatic hydroxyl groups is 4. The Morgan fingerprint density at radius 2 is 0.537 bits per heavy atom. The van der Waals surface area contributed by atoms with Gasteiger partial charge in [0.1, 0.15) is 31.0 Å². The Hall–Kier alpha value is -3.71. The SMILES string of the molecule is CCCCCCCCCCCCCCCCCC[C@H](C)C[C@H](C)[C@H](O)[C@H](C)C(=O)O[C@H]1C(O)[C@H](OC(=O)/C(C)=C/[C@@H](C)C[C@@H](C)CCCCCCCCCCCCCCCC)C(CO)O[C@@H]1O[C@H]1OC(COC(=O)/C(C)=C/[C@@H](C)C[C@@H](C)CCCCCCCCCCCCCCCC)[C@@H](O)C(OC(=O)/C(C)=C/[C@@H](C)C[C@@H](C)CCCCCCCCCCCCCCCC)[C@H]1OC(=O)CCCCCCCCCCCCCCC. The minimum atomic E-state index is -1.98. The molecule has 0 spiro atoms. The van der Waals surface area contributed by atoms with E-state index < -0.39 is 116 Å². The number of allylic oxidation sites excluding steroid dienone is 3. The van der Waals surface area contributed by atoms with Gasteiger partial charge in [-0.3, -0.25) is 9.59 Å². The average Bonchev–Trinajstić information content (AvgIpc) is 0.768. The van der Waals surface area contributed by atoms with Gasteiger partial charge in [0.05, 0.1) is 18.6 Å². The lowest BCUT2D eigenvalue weighted by Gasteiger charge is -2.47. The van der Waals surface area contributed by atoms with Crippen molar-refractivity contribution in [2.75, 3.05) is 13.2 Å². The lowest BCUT2D eigenvalue weighted by molar-refractivity contribution is -0.377. The second-order valence-electron chi connectivity index (χ2n) is 47.9. The van der Waals surface area contributed by atoms with Crippen molar-refractivity contribution in [2.45, 2.75) is 699 Å². The molecule has 20 atom stereocenters. The summed E-state index contributed by atoms with van der Waals surface area (Å²) in [5.74, 6) is -4.08. The van der Waals surface area contributed by atoms with Gasteiger partial charge in [0.25, 0.3) is 0 Å². The maximum atomic E-state index is 15.2. The summed E-state index contributed by atoms with van der Waals surface area (Å²) in [5, 5.41) is 49.8. The van der Waals surface area contributed by atoms with Crippen LogP contribution in [0.25, 0.3) is 0 Å². The molecular weight excluding hydrogens is 1830 g/mol. The monoisotopic (exact) mass is 2080 g/mol. The van der Waals surface area contributed by atoms with Crippen molar-refractivity contribution < 1.29 is 82.3 Å². The van der Waals surface area contributed by atoms with Crippen LogP contribution >= 0.6 is 0 Å². The maximum Gasteiger partial charge on any atom is 0.333 e. The van der Waals surface area contributed by atoms with Crippen molar-refractivity contribution in [1.82, 2.24) is 0 Å². The number of rotatable bonds is 102. The van der Waals surface area contributed by atoms with Gasteiger partial charge in [0.15, 0.2) is 24.4 Å². The second kappa shape index (κ2) is 94.6. The molecule has 0 bridgehead atoms. The molecule has 0 aromatic heterocycles. The molecule has 147 heavy (non-hydrogen) atoms. The van der Waals surface area contributed by atoms with Gasteiger partial charge in [-0.25, -0.2) is 14.4 Å². The van der Waals surface area contributed by atoms with Gasteiger partial charge in [-0.15, -0.1) is 0 Å². The van der Waals surface area contributed by atoms with Crippen LogP contribution < -0.4 is 0 Å². The van der Waals surface area contributed by atoms with Crippen LogP contribution in [0.2, 0.25) is 0 Å². The zero-order valence-electron chi connectivity index (χ0n) is 99.4. The molecule has 2 saturated heterocycles. The first-order valence-corrected chi connectivity index (χ1v) is 63.8. The highest BCUT2D eigenvalue weighted by atomic mass is 16.8. The smallest absolute Gasteiger partial charge is 0.333 e. The van der Waals surface area contributed by atoms with E-state index in [1.54, 1.807) is 27.7 Å². The Morgan fingerprint density at radius 3 is 0.830 bits per heavy atom. The summed E-state index contributed by atoms with van der Waals surface area (Å²) in [7, 11) is 0. The first kappa shape index (κ1) is 139. The van der Waals surface area contributed by atoms with Gasteiger partial charge in [-0.05, 0) is 107 Å². The van der Waals surface area contributed by atoms with Crippen LogP contribution in [0, 0.1) is 53.3 Å². The van der Waals surface area contributed by atoms with E-state index in [9.17, 15) is 34.8 Å². The average molecular weight is 2080 g/mol. The summed E-state index contributed by atoms with van der Waals surface area (Å²) < 4.78 is 52.1. The lowest BCUT2D eigenvalue weighted by atomic mass is 9.85. The van der Waals surface area contributed by atoms with E-state index in [0.717, 1.165) is 109 Å². The summed E-state index contributed by atoms with van der Waals surface area (Å²) in [6.07, 6.45) is 83.4. The third kappa shape index (κ3) is 72.7. The zero-order valence-corrected chi connectivity index (χ0v) is 99.4. The number of carbonyl (C=O) groups is 5. The van der Waals surface area contributed by atoms with E-state index in [2.05, 4.69) is 83.1 Å². The molecule has 17 nitrogen and oxygen atoms in total. The minimum Gasteiger partial charge on any atom is -0.459 e. The van der Waals surface area contributed by atoms with Gasteiger partial charge in [-0.2, -0.15) is 0 Å². The normalized spacial score (nSPS) is 20.6. The minimum absolute atomic E-state index is 0.0213. The standard InChI is InChI=1S/C130H242O17/c1-18-23-28-33-38-43-48-53-57-58-63-67-72-77-82-87-92-106(9)97-110(13)118(133)114(17)128(139)146-123-120(135)121(144-126(137)112(15)99-108(11)95-104(7)90-85-80-75-70-65-61-55-50-45-40-35-30-25-20-3)115(101-131)141-129(123)147-130-124(143-117(132)93-88-83-78-73-68-59-52-47-42-37-32-27-22-5)122(145-127(138)113(16)100-109(12)96-105(8)91-86-81-76-71-66-62-56-51-46-41-36-31-26-21-4)119(134)116(142-130)102-140-125(136)111(14)98-107(10)94-103(6)89-84-79-74-69-64-60-54-49-44-39-34-29-24-19-2/h98-100,103-110,114-116,118-124,129-131,133-135H,18-97,101-102H2,1-17H3/b111-98+,112-99+,113-100+/t103-,104-,105-,106-,107-,108-,109-,110-,114-,115?,116?,118-,119+,120?,121+,122?,123-,124+,129+,130+/m0/s1. The quantitative estimate of drug-likeness (QED) is 0.0192. The molecule has 0 aromatic carbocycles. The van der Waals surface area contributed by atoms with Gasteiger partial charge >= 0.3 is 29.8 Å². The number of hydrogen-bond donors (Lipinski definition) is 4. The third-order valence-electron chi connectivity index (χ3n) is 32.4. The van der Waals surface area contributed by atoms with E-state index in [1.807, 2.05) is 25.2 Å². The predicted octanol–water partition coefficient (Wildman–Crippen LogP) is 36.6. The molecule has 17 heteroatoms. The highest BCUT2D eigenvalue weighted by molar-refractivity contribution is 5.89. The molecular formula is C130H242O17. The Bertz CT molecular complexity index is 3170. The molecule has 4 unspecified atom stereocenters. The van der Waals surface area contributed by atoms with Crippen molar-refractivity contribution in [3.05, 3.63) is 34.9 Å². The number of hydrogen-bond acceptors (Lipinski definition) is 17. The van der Waals surface area contributed by atoms with Gasteiger partial charge < -0.3 is 58.3 Å². The van der Waals surface area contributed by atoms with Gasteiger partial charge in [0.2, 0.25) is 12.6 Å². The summed E-state index contributed by atoms with van der Waals surface area (Å²) in [6, 6.07) is 0. The Morgan fingerprint density at radius 1 is 0.286 bits per heavy atom. The topological polar surface area (TPSA) is 240 Å². The molecule has 0 radical (unpaired) electrons. The molecule has 2 aliphatic heterocycles. The van der Waals surface area contributed by atoms with E-state index in [-0.39, 0.29) is 47.2 Å². The molecule has 2 fully saturated rings. The van der Waals surface area contributed by atoms with Crippen LogP contribution in [-0.2, 0) is 61.9 Å². The largest absolute Gasteiger partial charge is 0.459 e. The van der Waals surface area contributed by atoms with E-state index >= 15 is 9.59 Å². The molecule has 4 N–H and O–H groups in total. The van der Waals surface area contributed by atoms with Crippen molar-refractivity contribution in [3.8, 4) is 0 Å². The van der Waals surface area contributed by atoms with Crippen molar-refractivity contribution in [3.63, 3.8) is 0 Å². The summed E-state index contributed by atoms with van der Waals surface area (Å²) in [4.78, 5) is 74.2. The Labute approximate surface area is 907 Å². The van der Waals surface area contributed by atoms with Crippen LogP contribution in [0.15, 0.2) is 34.9 Å². The third-order valence-corrected chi connectivity index (χ3v) is 32.4. The Kier molecular flexibility index (Phi) is 89.7. The van der Waals surface area contributed by atoms with Gasteiger partial charge in [-0.1, -0.05) is 583 Å². The molecule has 864 valence electrons. The molecule has 0 aliphatic carbocycles. The molecule has 2 heterocycles. The van der Waals surface area contributed by atoms with Crippen molar-refractivity contribution >= 4 is 29.8 Å². The van der Waals surface area contributed by atoms with Crippen molar-refractivity contribution in [1.29, 1.82) is 0 Å². The number of ether oxygens (including phenoxy) is 8. The van der Waals surface area contributed by atoms with E-state index in [0.29, 0.717) is 36.2 Å². The summed E-state index contributed by atoms with van der Waals surface area (Å²) in [5.41, 5.74) is 0.875. The molecule has 0 amide bonds. The highest BCUT2D eigenvalue weighted by Crippen LogP contribution is 2.38. The first-order valence-electron chi connectivity index (χ1n) is 63.8. The van der Waals surface area contributed by atoms with E-state index in [4.69, 9.17) is 37.9 Å². The number of esters is 5. The number of aliphatic hydroxyl groups excluding tert-OH is 4. The summed E-state index contributed by atoms with van der Waals surface area (Å²) in [6.45, 7) is 33.7. The maximum absolute atomic E-state index is 15.2. The van der Waals surface area contributed by atoms with Crippen LogP contribution in [-0.4, -0.2) is 131 Å². The fourth-order valence-electron chi connectivity index (χ4n) is 23.0. The summed E-state index contributed by atoms with van der Waals surface area (Å²) >= 11 is 0. The fraction of sp³-hybridized carbons (Fsp3) is 0.915. The Balaban J connectivity index is 2.72. The van der Waals surface area contributed by atoms with Crippen LogP contribution in [0.4, 0.5) is 0 Å². The highest BCUT2D eigenvalue weighted by Gasteiger charge is 2.56. The number of carbonyl (C=O) groups excluding carboxylic acids is 5. The predicted molar refractivity (Wildman–Crippen MR) is 615 cm³/mol. The second-order valence-corrected chi connectivity index (χ2v) is 47.9. The van der Waals surface area contributed by atoms with Crippen LogP contribution in [0.1, 0.15) is 631 Å². The lowest BCUT2D eigenvalue weighted by Crippen LogP contribution is -2.66. The molecule has 0 saturated carbocycles. The molecule has 0 aromatic rings. The van der Waals surface area contributed by atoms with Crippen LogP contribution in [0.5, 0.6) is 0 Å². The van der Waals surface area contributed by atoms with E-state index in [1.165, 1.54) is 385 Å². The number of unbranched alkanes of at least 4 members (excludes halogenated alkanes) is 66. The van der Waals surface area contributed by atoms with Crippen molar-refractivity contribution in [2.24, 2.45) is 53.3 Å². The van der Waals surface area contributed by atoms with Gasteiger partial charge in [0, 0.05) is 23.1 Å². The molecule has 2 rings (SSSR count). The van der Waals surface area contributed by atoms with Crippen LogP contribution in [0.3, 0.4) is 0 Å². The fourth-order valence-corrected chi connectivity index (χ4v) is 23.0. The zero-order chi connectivity index (χ0) is 108.